The van der Waals surface area contributed by atoms with E-state index in [9.17, 15) is 8.78 Å². The van der Waals surface area contributed by atoms with Crippen LogP contribution in [0, 0.1) is 0 Å². The van der Waals surface area contributed by atoms with Crippen molar-refractivity contribution in [3.63, 3.8) is 0 Å². The molecule has 0 saturated heterocycles. The zero-order valence-corrected chi connectivity index (χ0v) is 18.5. The lowest BCUT2D eigenvalue weighted by molar-refractivity contribution is 0.0772. The zero-order chi connectivity index (χ0) is 21.6. The van der Waals surface area contributed by atoms with Gasteiger partial charge in [-0.05, 0) is 35.9 Å². The molecule has 0 spiro atoms. The lowest BCUT2D eigenvalue weighted by Crippen LogP contribution is -2.22. The second kappa shape index (κ2) is 9.95. The minimum atomic E-state index is -2.74. The molecule has 0 fully saturated rings. The van der Waals surface area contributed by atoms with Crippen LogP contribution in [-0.4, -0.2) is 29.4 Å². The minimum Gasteiger partial charge on any atom is -0.489 e. The fourth-order valence-corrected chi connectivity index (χ4v) is 3.48. The summed E-state index contributed by atoms with van der Waals surface area (Å²) in [6, 6.07) is 18.0. The second-order valence-corrected chi connectivity index (χ2v) is 13.9. The molecule has 1 aromatic heterocycles. The molecule has 8 heteroatoms. The van der Waals surface area contributed by atoms with Crippen LogP contribution in [0.4, 0.5) is 8.78 Å². The summed E-state index contributed by atoms with van der Waals surface area (Å²) >= 11 is 0. The van der Waals surface area contributed by atoms with Crippen LogP contribution in [0.1, 0.15) is 17.8 Å². The number of rotatable bonds is 10. The van der Waals surface area contributed by atoms with Crippen LogP contribution in [0.3, 0.4) is 0 Å². The van der Waals surface area contributed by atoms with Gasteiger partial charge in [-0.25, -0.2) is 18.4 Å². The first-order valence-corrected chi connectivity index (χ1v) is 13.6. The molecule has 0 amide bonds. The van der Waals surface area contributed by atoms with E-state index in [0.29, 0.717) is 30.4 Å². The number of ether oxygens (including phenoxy) is 2. The van der Waals surface area contributed by atoms with Crippen molar-refractivity contribution in [2.24, 2.45) is 0 Å². The molecule has 0 atom stereocenters. The predicted molar refractivity (Wildman–Crippen MR) is 115 cm³/mol. The van der Waals surface area contributed by atoms with Gasteiger partial charge in [-0.15, -0.1) is 5.10 Å². The maximum absolute atomic E-state index is 13.2. The van der Waals surface area contributed by atoms with E-state index in [1.807, 2.05) is 30.3 Å². The number of hydrogen-bond donors (Lipinski definition) is 0. The first kappa shape index (κ1) is 22.1. The molecule has 0 aliphatic carbocycles. The summed E-state index contributed by atoms with van der Waals surface area (Å²) in [6.45, 7) is 7.89. The van der Waals surface area contributed by atoms with Gasteiger partial charge in [-0.2, -0.15) is 0 Å². The fourth-order valence-electron chi connectivity index (χ4n) is 2.73. The summed E-state index contributed by atoms with van der Waals surface area (Å²) in [5.41, 5.74) is 1.74. The Morgan fingerprint density at radius 2 is 1.70 bits per heavy atom. The van der Waals surface area contributed by atoms with E-state index in [1.54, 1.807) is 24.3 Å². The third-order valence-electron chi connectivity index (χ3n) is 4.45. The number of hydrogen-bond acceptors (Lipinski definition) is 4. The molecule has 160 valence electrons. The lowest BCUT2D eigenvalue weighted by Gasteiger charge is -2.15. The highest BCUT2D eigenvalue weighted by Gasteiger charge is 2.19. The smallest absolute Gasteiger partial charge is 0.299 e. The Labute approximate surface area is 176 Å². The van der Waals surface area contributed by atoms with Crippen LogP contribution in [-0.2, 0) is 18.1 Å². The zero-order valence-electron chi connectivity index (χ0n) is 17.5. The second-order valence-electron chi connectivity index (χ2n) is 8.24. The Bertz CT molecular complexity index is 926. The van der Waals surface area contributed by atoms with E-state index in [0.717, 1.165) is 11.6 Å². The van der Waals surface area contributed by atoms with Crippen molar-refractivity contribution in [2.75, 3.05) is 6.61 Å². The fraction of sp³-hybridized carbons (Fsp3) is 0.364. The van der Waals surface area contributed by atoms with Crippen molar-refractivity contribution in [1.29, 1.82) is 0 Å². The van der Waals surface area contributed by atoms with Gasteiger partial charge in [-0.1, -0.05) is 50.0 Å². The maximum atomic E-state index is 13.2. The molecule has 0 bridgehead atoms. The molecule has 2 aromatic carbocycles. The molecule has 0 aliphatic rings. The Morgan fingerprint density at radius 1 is 1.00 bits per heavy atom. The molecule has 0 unspecified atom stereocenters. The SMILES string of the molecule is C[Si](C)(C)CCOCn1nc(C(F)F)nc1-c1ccc(OCc2ccccc2)cc1. The number of halogens is 2. The van der Waals surface area contributed by atoms with Crippen molar-refractivity contribution in [1.82, 2.24) is 14.8 Å². The van der Waals surface area contributed by atoms with E-state index in [2.05, 4.69) is 29.7 Å². The van der Waals surface area contributed by atoms with Gasteiger partial charge in [0.15, 0.2) is 5.82 Å². The summed E-state index contributed by atoms with van der Waals surface area (Å²) in [7, 11) is -1.23. The van der Waals surface area contributed by atoms with Crippen molar-refractivity contribution >= 4 is 8.07 Å². The van der Waals surface area contributed by atoms with Crippen LogP contribution >= 0.6 is 0 Å². The van der Waals surface area contributed by atoms with E-state index in [4.69, 9.17) is 9.47 Å². The summed E-state index contributed by atoms with van der Waals surface area (Å²) < 4.78 is 39.2. The lowest BCUT2D eigenvalue weighted by atomic mass is 10.2. The molecule has 3 rings (SSSR count). The molecule has 0 radical (unpaired) electrons. The summed E-state index contributed by atoms with van der Waals surface area (Å²) in [5.74, 6) is 0.547. The maximum Gasteiger partial charge on any atom is 0.299 e. The summed E-state index contributed by atoms with van der Waals surface area (Å²) in [5, 5.41) is 3.93. The largest absolute Gasteiger partial charge is 0.489 e. The molecule has 0 saturated carbocycles. The van der Waals surface area contributed by atoms with Crippen LogP contribution < -0.4 is 4.74 Å². The summed E-state index contributed by atoms with van der Waals surface area (Å²) in [6.07, 6.45) is -2.74. The van der Waals surface area contributed by atoms with Gasteiger partial charge < -0.3 is 9.47 Å². The van der Waals surface area contributed by atoms with Crippen LogP contribution in [0.25, 0.3) is 11.4 Å². The standard InChI is InChI=1S/C22H27F2N3O2Si/c1-30(2,3)14-13-28-16-27-22(25-21(26-27)20(23)24)18-9-11-19(12-10-18)29-15-17-7-5-4-6-8-17/h4-12,20H,13-16H2,1-3H3. The van der Waals surface area contributed by atoms with Crippen LogP contribution in [0.2, 0.25) is 25.7 Å². The number of nitrogens with zero attached hydrogens (tertiary/aromatic N) is 3. The normalized spacial score (nSPS) is 11.8. The van der Waals surface area contributed by atoms with Gasteiger partial charge in [-0.3, -0.25) is 0 Å². The Hall–Kier alpha value is -2.58. The van der Waals surface area contributed by atoms with Crippen molar-refractivity contribution < 1.29 is 18.3 Å². The van der Waals surface area contributed by atoms with Crippen molar-refractivity contribution in [3.8, 4) is 17.1 Å². The first-order chi connectivity index (χ1) is 14.3. The Morgan fingerprint density at radius 3 is 2.33 bits per heavy atom. The molecule has 3 aromatic rings. The minimum absolute atomic E-state index is 0.0891. The topological polar surface area (TPSA) is 49.2 Å². The highest BCUT2D eigenvalue weighted by Crippen LogP contribution is 2.25. The molecule has 5 nitrogen and oxygen atoms in total. The van der Waals surface area contributed by atoms with Crippen LogP contribution in [0.5, 0.6) is 5.75 Å². The van der Waals surface area contributed by atoms with Gasteiger partial charge in [0.05, 0.1) is 0 Å². The van der Waals surface area contributed by atoms with Crippen LogP contribution in [0.15, 0.2) is 54.6 Å². The first-order valence-electron chi connectivity index (χ1n) is 9.90. The van der Waals surface area contributed by atoms with E-state index in [-0.39, 0.29) is 6.73 Å². The monoisotopic (exact) mass is 431 g/mol. The van der Waals surface area contributed by atoms with E-state index < -0.39 is 20.3 Å². The molecule has 0 N–H and O–H groups in total. The highest BCUT2D eigenvalue weighted by molar-refractivity contribution is 6.76. The van der Waals surface area contributed by atoms with Gasteiger partial charge in [0.25, 0.3) is 6.43 Å². The van der Waals surface area contributed by atoms with Gasteiger partial charge in [0.1, 0.15) is 19.1 Å². The average molecular weight is 432 g/mol. The van der Waals surface area contributed by atoms with Crippen molar-refractivity contribution in [2.45, 2.75) is 45.4 Å². The third-order valence-corrected chi connectivity index (χ3v) is 6.16. The van der Waals surface area contributed by atoms with E-state index >= 15 is 0 Å². The quantitative estimate of drug-likeness (QED) is 0.302. The molecule has 1 heterocycles. The van der Waals surface area contributed by atoms with Crippen molar-refractivity contribution in [3.05, 3.63) is 66.0 Å². The number of alkyl halides is 2. The number of benzene rings is 2. The molecule has 30 heavy (non-hydrogen) atoms. The van der Waals surface area contributed by atoms with Gasteiger partial charge in [0.2, 0.25) is 5.82 Å². The molecular weight excluding hydrogens is 404 g/mol. The van der Waals surface area contributed by atoms with E-state index in [1.165, 1.54) is 4.68 Å². The average Bonchev–Trinajstić information content (AvgIpc) is 3.15. The van der Waals surface area contributed by atoms with Gasteiger partial charge in [0, 0.05) is 20.2 Å². The highest BCUT2D eigenvalue weighted by atomic mass is 28.3. The third kappa shape index (κ3) is 6.46. The Balaban J connectivity index is 1.68. The molecular formula is C22H27F2N3O2Si. The number of aromatic nitrogens is 3. The van der Waals surface area contributed by atoms with Gasteiger partial charge >= 0.3 is 0 Å². The Kier molecular flexibility index (Phi) is 7.33. The summed E-state index contributed by atoms with van der Waals surface area (Å²) in [4.78, 5) is 4.02. The molecule has 0 aliphatic heterocycles. The predicted octanol–water partition coefficient (Wildman–Crippen LogP) is 5.77.